The number of benzene rings is 1. The van der Waals surface area contributed by atoms with E-state index in [-0.39, 0.29) is 30.0 Å². The summed E-state index contributed by atoms with van der Waals surface area (Å²) in [5.41, 5.74) is 0.0502. The molecule has 1 heterocycles. The van der Waals surface area contributed by atoms with Crippen molar-refractivity contribution < 1.29 is 18.4 Å². The molecule has 120 valence electrons. The third-order valence-electron chi connectivity index (χ3n) is 3.76. The highest BCUT2D eigenvalue weighted by atomic mass is 19.1. The summed E-state index contributed by atoms with van der Waals surface area (Å²) in [5.74, 6) is -1.68. The molecule has 1 aromatic rings. The fourth-order valence-electron chi connectivity index (χ4n) is 2.62. The van der Waals surface area contributed by atoms with Gasteiger partial charge in [-0.3, -0.25) is 9.59 Å². The molecular formula is C16H20F2N2O2. The lowest BCUT2D eigenvalue weighted by molar-refractivity contribution is -0.141. The van der Waals surface area contributed by atoms with Crippen LogP contribution >= 0.6 is 0 Å². The Morgan fingerprint density at radius 2 is 2.00 bits per heavy atom. The summed E-state index contributed by atoms with van der Waals surface area (Å²) in [4.78, 5) is 27.4. The molecule has 0 radical (unpaired) electrons. The van der Waals surface area contributed by atoms with Gasteiger partial charge in [0.2, 0.25) is 11.8 Å². The van der Waals surface area contributed by atoms with E-state index in [1.807, 2.05) is 13.8 Å². The molecule has 1 atom stereocenters. The first kappa shape index (κ1) is 16.4. The number of hydrogen-bond acceptors (Lipinski definition) is 2. The van der Waals surface area contributed by atoms with Crippen LogP contribution in [0.25, 0.3) is 0 Å². The summed E-state index contributed by atoms with van der Waals surface area (Å²) in [7, 11) is 0. The van der Waals surface area contributed by atoms with Gasteiger partial charge in [-0.15, -0.1) is 0 Å². The van der Waals surface area contributed by atoms with Crippen molar-refractivity contribution in [2.45, 2.75) is 33.2 Å². The minimum atomic E-state index is -0.775. The molecule has 0 spiro atoms. The van der Waals surface area contributed by atoms with Gasteiger partial charge in [-0.1, -0.05) is 13.8 Å². The summed E-state index contributed by atoms with van der Waals surface area (Å²) in [6.45, 7) is 6.06. The largest absolute Gasteiger partial charge is 0.329 e. The number of carbonyl (C=O) groups is 2. The van der Waals surface area contributed by atoms with Crippen molar-refractivity contribution in [2.75, 3.05) is 18.0 Å². The van der Waals surface area contributed by atoms with Gasteiger partial charge in [0.25, 0.3) is 0 Å². The Labute approximate surface area is 128 Å². The van der Waals surface area contributed by atoms with Crippen LogP contribution in [0.3, 0.4) is 0 Å². The topological polar surface area (TPSA) is 40.6 Å². The van der Waals surface area contributed by atoms with Gasteiger partial charge >= 0.3 is 0 Å². The van der Waals surface area contributed by atoms with Crippen LogP contribution in [0.2, 0.25) is 0 Å². The van der Waals surface area contributed by atoms with Crippen LogP contribution in [-0.2, 0) is 9.59 Å². The molecule has 1 aliphatic heterocycles. The van der Waals surface area contributed by atoms with Gasteiger partial charge in [0.15, 0.2) is 0 Å². The van der Waals surface area contributed by atoms with Crippen LogP contribution in [0.4, 0.5) is 14.5 Å². The Balaban J connectivity index is 2.17. The molecule has 6 heteroatoms. The summed E-state index contributed by atoms with van der Waals surface area (Å²) in [6, 6.07) is 2.47. The van der Waals surface area contributed by atoms with Crippen LogP contribution in [0.5, 0.6) is 0 Å². The molecule has 0 aromatic heterocycles. The lowest BCUT2D eigenvalue weighted by Crippen LogP contribution is -2.58. The second kappa shape index (κ2) is 6.42. The van der Waals surface area contributed by atoms with E-state index in [0.29, 0.717) is 13.0 Å². The molecule has 0 saturated carbocycles. The van der Waals surface area contributed by atoms with Crippen molar-refractivity contribution in [3.8, 4) is 0 Å². The predicted molar refractivity (Wildman–Crippen MR) is 79.3 cm³/mol. The van der Waals surface area contributed by atoms with Gasteiger partial charge in [-0.2, -0.15) is 0 Å². The molecule has 0 N–H and O–H groups in total. The summed E-state index contributed by atoms with van der Waals surface area (Å²) in [6.07, 6.45) is 0.378. The molecule has 1 fully saturated rings. The Kier molecular flexibility index (Phi) is 4.78. The molecule has 2 rings (SSSR count). The zero-order valence-corrected chi connectivity index (χ0v) is 13.0. The first-order valence-corrected chi connectivity index (χ1v) is 7.37. The van der Waals surface area contributed by atoms with Crippen molar-refractivity contribution in [1.82, 2.24) is 4.90 Å². The van der Waals surface area contributed by atoms with E-state index < -0.39 is 17.7 Å². The number of nitrogens with zero attached hydrogens (tertiary/aromatic N) is 2. The van der Waals surface area contributed by atoms with Crippen LogP contribution in [-0.4, -0.2) is 35.8 Å². The normalized spacial score (nSPS) is 19.0. The van der Waals surface area contributed by atoms with Crippen molar-refractivity contribution in [2.24, 2.45) is 5.92 Å². The first-order chi connectivity index (χ1) is 10.3. The summed E-state index contributed by atoms with van der Waals surface area (Å²) in [5, 5.41) is 0. The maximum Gasteiger partial charge on any atom is 0.249 e. The zero-order valence-electron chi connectivity index (χ0n) is 13.0. The monoisotopic (exact) mass is 310 g/mol. The Morgan fingerprint density at radius 3 is 2.59 bits per heavy atom. The minimum Gasteiger partial charge on any atom is -0.329 e. The van der Waals surface area contributed by atoms with Gasteiger partial charge < -0.3 is 9.80 Å². The molecule has 4 nitrogen and oxygen atoms in total. The van der Waals surface area contributed by atoms with E-state index in [2.05, 4.69) is 0 Å². The Hall–Kier alpha value is -1.98. The number of carbonyl (C=O) groups excluding carboxylic acids is 2. The molecule has 1 aromatic carbocycles. The number of anilines is 1. The Morgan fingerprint density at radius 1 is 1.32 bits per heavy atom. The molecule has 22 heavy (non-hydrogen) atoms. The second-order valence-electron chi connectivity index (χ2n) is 5.95. The van der Waals surface area contributed by atoms with Gasteiger partial charge in [-0.05, 0) is 25.0 Å². The van der Waals surface area contributed by atoms with Crippen LogP contribution < -0.4 is 4.90 Å². The summed E-state index contributed by atoms with van der Waals surface area (Å²) >= 11 is 0. The van der Waals surface area contributed by atoms with E-state index in [1.165, 1.54) is 15.9 Å². The molecular weight excluding hydrogens is 290 g/mol. The van der Waals surface area contributed by atoms with Crippen LogP contribution in [0.1, 0.15) is 27.2 Å². The van der Waals surface area contributed by atoms with E-state index in [9.17, 15) is 18.4 Å². The van der Waals surface area contributed by atoms with Gasteiger partial charge in [0.1, 0.15) is 17.7 Å². The second-order valence-corrected chi connectivity index (χ2v) is 5.95. The van der Waals surface area contributed by atoms with Gasteiger partial charge in [-0.25, -0.2) is 8.78 Å². The maximum absolute atomic E-state index is 13.8. The molecule has 0 aliphatic carbocycles. The van der Waals surface area contributed by atoms with E-state index in [1.54, 1.807) is 6.92 Å². The number of halogens is 2. The highest BCUT2D eigenvalue weighted by Gasteiger charge is 2.35. The van der Waals surface area contributed by atoms with Crippen LogP contribution in [0.15, 0.2) is 18.2 Å². The number of piperazine rings is 1. The maximum atomic E-state index is 13.8. The van der Waals surface area contributed by atoms with Crippen molar-refractivity contribution >= 4 is 17.5 Å². The zero-order chi connectivity index (χ0) is 16.4. The molecule has 1 aliphatic rings. The number of hydrogen-bond donors (Lipinski definition) is 0. The molecule has 0 unspecified atom stereocenters. The average Bonchev–Trinajstić information content (AvgIpc) is 2.41. The minimum absolute atomic E-state index is 0.0502. The third kappa shape index (κ3) is 3.26. The highest BCUT2D eigenvalue weighted by molar-refractivity contribution is 6.00. The standard InChI is InChI=1S/C16H20F2N2O2/c1-10(2)8-15(21)19-6-7-20(16(22)11(19)3)14-5-4-12(17)9-13(14)18/h4-5,9-11H,6-8H2,1-3H3/t11-/m1/s1. The summed E-state index contributed by atoms with van der Waals surface area (Å²) < 4.78 is 26.8. The lowest BCUT2D eigenvalue weighted by atomic mass is 10.1. The first-order valence-electron chi connectivity index (χ1n) is 7.37. The van der Waals surface area contributed by atoms with Gasteiger partial charge in [0, 0.05) is 25.6 Å². The SMILES string of the molecule is CC(C)CC(=O)N1CCN(c2ccc(F)cc2F)C(=O)[C@H]1C. The van der Waals surface area contributed by atoms with Gasteiger partial charge in [0.05, 0.1) is 5.69 Å². The van der Waals surface area contributed by atoms with Crippen molar-refractivity contribution in [1.29, 1.82) is 0 Å². The number of rotatable bonds is 3. The molecule has 2 amide bonds. The fourth-order valence-corrected chi connectivity index (χ4v) is 2.62. The third-order valence-corrected chi connectivity index (χ3v) is 3.76. The van der Waals surface area contributed by atoms with Crippen molar-refractivity contribution in [3.63, 3.8) is 0 Å². The molecule has 1 saturated heterocycles. The Bertz CT molecular complexity index is 590. The lowest BCUT2D eigenvalue weighted by Gasteiger charge is -2.39. The quantitative estimate of drug-likeness (QED) is 0.861. The van der Waals surface area contributed by atoms with Crippen molar-refractivity contribution in [3.05, 3.63) is 29.8 Å². The smallest absolute Gasteiger partial charge is 0.249 e. The molecule has 0 bridgehead atoms. The number of amides is 2. The highest BCUT2D eigenvalue weighted by Crippen LogP contribution is 2.24. The van der Waals surface area contributed by atoms with E-state index >= 15 is 0 Å². The van der Waals surface area contributed by atoms with E-state index in [4.69, 9.17) is 0 Å². The van der Waals surface area contributed by atoms with E-state index in [0.717, 1.165) is 12.1 Å². The average molecular weight is 310 g/mol. The fraction of sp³-hybridized carbons (Fsp3) is 0.500. The predicted octanol–water partition coefficient (Wildman–Crippen LogP) is 2.57. The van der Waals surface area contributed by atoms with Crippen LogP contribution in [0, 0.1) is 17.6 Å².